The van der Waals surface area contributed by atoms with Crippen LogP contribution in [0.5, 0.6) is 0 Å². The van der Waals surface area contributed by atoms with Crippen molar-refractivity contribution in [1.29, 1.82) is 0 Å². The molecule has 0 bridgehead atoms. The topological polar surface area (TPSA) is 54.5 Å². The van der Waals surface area contributed by atoms with E-state index in [0.29, 0.717) is 22.4 Å². The average Bonchev–Trinajstić information content (AvgIpc) is 2.69. The zero-order chi connectivity index (χ0) is 18.5. The maximum Gasteiger partial charge on any atom is 0.265 e. The van der Waals surface area contributed by atoms with Gasteiger partial charge in [0.1, 0.15) is 0 Å². The predicted octanol–water partition coefficient (Wildman–Crippen LogP) is 4.38. The largest absolute Gasteiger partial charge is 0.295 e. The van der Waals surface area contributed by atoms with Gasteiger partial charge in [-0.1, -0.05) is 36.4 Å². The zero-order valence-corrected chi connectivity index (χ0v) is 14.3. The SMILES string of the molecule is CC(=O)c1ccc(N(C(=O)c2ccccc2)C(=O)c2ccccc2)cc1. The number of carbonyl (C=O) groups is 3. The summed E-state index contributed by atoms with van der Waals surface area (Å²) in [4.78, 5) is 38.7. The number of amides is 2. The maximum absolute atomic E-state index is 13.0. The highest BCUT2D eigenvalue weighted by Gasteiger charge is 2.25. The van der Waals surface area contributed by atoms with E-state index in [1.807, 2.05) is 12.1 Å². The molecule has 128 valence electrons. The van der Waals surface area contributed by atoms with Crippen LogP contribution in [-0.4, -0.2) is 17.6 Å². The molecule has 0 aliphatic heterocycles. The van der Waals surface area contributed by atoms with Crippen LogP contribution in [-0.2, 0) is 0 Å². The molecular weight excluding hydrogens is 326 g/mol. The highest BCUT2D eigenvalue weighted by Crippen LogP contribution is 2.21. The van der Waals surface area contributed by atoms with E-state index in [4.69, 9.17) is 0 Å². The van der Waals surface area contributed by atoms with Crippen LogP contribution < -0.4 is 4.90 Å². The Morgan fingerprint density at radius 3 is 1.38 bits per heavy atom. The molecule has 3 rings (SSSR count). The Hall–Kier alpha value is -3.53. The molecule has 2 amide bonds. The molecule has 3 aromatic carbocycles. The fourth-order valence-corrected chi connectivity index (χ4v) is 2.59. The van der Waals surface area contributed by atoms with Crippen LogP contribution >= 0.6 is 0 Å². The number of hydrogen-bond donors (Lipinski definition) is 0. The number of carbonyl (C=O) groups excluding carboxylic acids is 3. The fraction of sp³-hybridized carbons (Fsp3) is 0.0455. The van der Waals surface area contributed by atoms with Gasteiger partial charge in [-0.15, -0.1) is 0 Å². The average molecular weight is 343 g/mol. The van der Waals surface area contributed by atoms with Crippen LogP contribution in [0.3, 0.4) is 0 Å². The smallest absolute Gasteiger partial charge is 0.265 e. The van der Waals surface area contributed by atoms with Crippen molar-refractivity contribution < 1.29 is 14.4 Å². The Bertz CT molecular complexity index is 881. The number of benzene rings is 3. The molecule has 0 radical (unpaired) electrons. The fourth-order valence-electron chi connectivity index (χ4n) is 2.59. The summed E-state index contributed by atoms with van der Waals surface area (Å²) in [7, 11) is 0. The lowest BCUT2D eigenvalue weighted by Gasteiger charge is -2.21. The van der Waals surface area contributed by atoms with Crippen LogP contribution in [0.1, 0.15) is 38.0 Å². The van der Waals surface area contributed by atoms with E-state index >= 15 is 0 Å². The Balaban J connectivity index is 2.05. The summed E-state index contributed by atoms with van der Waals surface area (Å²) in [6, 6.07) is 23.7. The molecule has 0 saturated carbocycles. The summed E-state index contributed by atoms with van der Waals surface area (Å²) in [6.07, 6.45) is 0. The number of rotatable bonds is 4. The normalized spacial score (nSPS) is 10.2. The minimum absolute atomic E-state index is 0.0770. The van der Waals surface area contributed by atoms with E-state index in [0.717, 1.165) is 4.90 Å². The molecule has 0 heterocycles. The van der Waals surface area contributed by atoms with E-state index < -0.39 is 11.8 Å². The molecular formula is C22H17NO3. The van der Waals surface area contributed by atoms with E-state index in [9.17, 15) is 14.4 Å². The van der Waals surface area contributed by atoms with Gasteiger partial charge in [-0.05, 0) is 55.5 Å². The molecule has 0 spiro atoms. The van der Waals surface area contributed by atoms with Crippen LogP contribution in [0.4, 0.5) is 5.69 Å². The maximum atomic E-state index is 13.0. The van der Waals surface area contributed by atoms with E-state index in [2.05, 4.69) is 0 Å². The van der Waals surface area contributed by atoms with Gasteiger partial charge in [0.25, 0.3) is 11.8 Å². The molecule has 0 unspecified atom stereocenters. The number of ketones is 1. The first kappa shape index (κ1) is 17.3. The van der Waals surface area contributed by atoms with Gasteiger partial charge in [0.15, 0.2) is 5.78 Å². The quantitative estimate of drug-likeness (QED) is 0.522. The minimum atomic E-state index is -0.421. The molecule has 0 aromatic heterocycles. The Labute approximate surface area is 151 Å². The van der Waals surface area contributed by atoms with Crippen molar-refractivity contribution in [2.24, 2.45) is 0 Å². The minimum Gasteiger partial charge on any atom is -0.295 e. The van der Waals surface area contributed by atoms with Gasteiger partial charge in [0, 0.05) is 16.7 Å². The second-order valence-corrected chi connectivity index (χ2v) is 5.78. The zero-order valence-electron chi connectivity index (χ0n) is 14.3. The monoisotopic (exact) mass is 343 g/mol. The van der Waals surface area contributed by atoms with E-state index in [-0.39, 0.29) is 5.78 Å². The van der Waals surface area contributed by atoms with E-state index in [1.54, 1.807) is 72.8 Å². The summed E-state index contributed by atoms with van der Waals surface area (Å²) in [5.41, 5.74) is 1.76. The number of anilines is 1. The number of hydrogen-bond acceptors (Lipinski definition) is 3. The van der Waals surface area contributed by atoms with Gasteiger partial charge >= 0.3 is 0 Å². The van der Waals surface area contributed by atoms with Crippen molar-refractivity contribution in [1.82, 2.24) is 0 Å². The van der Waals surface area contributed by atoms with Crippen molar-refractivity contribution in [3.63, 3.8) is 0 Å². The van der Waals surface area contributed by atoms with Gasteiger partial charge in [0.05, 0.1) is 5.69 Å². The first-order chi connectivity index (χ1) is 12.6. The molecule has 0 fully saturated rings. The first-order valence-corrected chi connectivity index (χ1v) is 8.18. The third-order valence-corrected chi connectivity index (χ3v) is 3.98. The third kappa shape index (κ3) is 3.59. The Morgan fingerprint density at radius 2 is 1.00 bits per heavy atom. The van der Waals surface area contributed by atoms with Crippen molar-refractivity contribution in [2.75, 3.05) is 4.90 Å². The molecule has 0 atom stereocenters. The second kappa shape index (κ2) is 7.57. The molecule has 0 aliphatic rings. The molecule has 0 saturated heterocycles. The lowest BCUT2D eigenvalue weighted by atomic mass is 10.1. The summed E-state index contributed by atoms with van der Waals surface area (Å²) in [5.74, 6) is -0.920. The third-order valence-electron chi connectivity index (χ3n) is 3.98. The highest BCUT2D eigenvalue weighted by molar-refractivity contribution is 6.25. The highest BCUT2D eigenvalue weighted by atomic mass is 16.2. The molecule has 0 N–H and O–H groups in total. The second-order valence-electron chi connectivity index (χ2n) is 5.78. The molecule has 3 aromatic rings. The lowest BCUT2D eigenvalue weighted by molar-refractivity contribution is 0.0897. The van der Waals surface area contributed by atoms with Gasteiger partial charge < -0.3 is 0 Å². The van der Waals surface area contributed by atoms with E-state index in [1.165, 1.54) is 6.92 Å². The first-order valence-electron chi connectivity index (χ1n) is 8.18. The molecule has 4 heteroatoms. The molecule has 0 aliphatic carbocycles. The van der Waals surface area contributed by atoms with Crippen molar-refractivity contribution in [2.45, 2.75) is 6.92 Å². The molecule has 4 nitrogen and oxygen atoms in total. The van der Waals surface area contributed by atoms with Gasteiger partial charge in [0.2, 0.25) is 0 Å². The summed E-state index contributed by atoms with van der Waals surface area (Å²) >= 11 is 0. The van der Waals surface area contributed by atoms with Crippen molar-refractivity contribution >= 4 is 23.3 Å². The summed E-state index contributed by atoms with van der Waals surface area (Å²) < 4.78 is 0. The Kier molecular flexibility index (Phi) is 5.04. The van der Waals surface area contributed by atoms with Gasteiger partial charge in [-0.2, -0.15) is 0 Å². The van der Waals surface area contributed by atoms with Crippen LogP contribution in [0, 0.1) is 0 Å². The number of nitrogens with zero attached hydrogens (tertiary/aromatic N) is 1. The summed E-state index contributed by atoms with van der Waals surface area (Å²) in [5, 5.41) is 0. The van der Waals surface area contributed by atoms with Gasteiger partial charge in [-0.3, -0.25) is 14.4 Å². The predicted molar refractivity (Wildman–Crippen MR) is 100 cm³/mol. The Morgan fingerprint density at radius 1 is 0.577 bits per heavy atom. The standard InChI is InChI=1S/C22H17NO3/c1-16(24)17-12-14-20(15-13-17)23(21(25)18-8-4-2-5-9-18)22(26)19-10-6-3-7-11-19/h2-15H,1H3. The van der Waals surface area contributed by atoms with Crippen LogP contribution in [0.2, 0.25) is 0 Å². The summed E-state index contributed by atoms with van der Waals surface area (Å²) in [6.45, 7) is 1.47. The number of Topliss-reactive ketones (excluding diaryl/α,β-unsaturated/α-hetero) is 1. The van der Waals surface area contributed by atoms with Crippen LogP contribution in [0.15, 0.2) is 84.9 Å². The van der Waals surface area contributed by atoms with Crippen molar-refractivity contribution in [3.8, 4) is 0 Å². The van der Waals surface area contributed by atoms with Gasteiger partial charge in [-0.25, -0.2) is 4.90 Å². The van der Waals surface area contributed by atoms with Crippen molar-refractivity contribution in [3.05, 3.63) is 102 Å². The molecule has 26 heavy (non-hydrogen) atoms. The lowest BCUT2D eigenvalue weighted by Crippen LogP contribution is -2.37. The van der Waals surface area contributed by atoms with Crippen LogP contribution in [0.25, 0.3) is 0 Å². The number of imide groups is 1.